The number of carbonyl (C=O) groups is 2. The lowest BCUT2D eigenvalue weighted by molar-refractivity contribution is -0.132. The van der Waals surface area contributed by atoms with Gasteiger partial charge in [0.05, 0.1) is 16.1 Å². The SMILES string of the molecule is O=C(N[C@@]1(c2cccnn2)CCNC1)c1ccc(C2CCN(C(=O)CC3CC3)CC2)s1. The monoisotopic (exact) mass is 439 g/mol. The number of nitrogens with zero attached hydrogens (tertiary/aromatic N) is 3. The first-order valence-electron chi connectivity index (χ1n) is 11.3. The van der Waals surface area contributed by atoms with Crippen molar-refractivity contribution in [2.75, 3.05) is 26.2 Å². The third kappa shape index (κ3) is 4.50. The van der Waals surface area contributed by atoms with Crippen molar-refractivity contribution in [1.29, 1.82) is 0 Å². The lowest BCUT2D eigenvalue weighted by Gasteiger charge is -2.31. The Bertz CT molecular complexity index is 928. The van der Waals surface area contributed by atoms with Crippen molar-refractivity contribution in [3.8, 4) is 0 Å². The van der Waals surface area contributed by atoms with Crippen LogP contribution in [-0.2, 0) is 10.3 Å². The van der Waals surface area contributed by atoms with Crippen LogP contribution in [0.15, 0.2) is 30.5 Å². The maximum atomic E-state index is 13.1. The molecule has 2 saturated heterocycles. The summed E-state index contributed by atoms with van der Waals surface area (Å²) in [6.07, 6.45) is 7.57. The maximum absolute atomic E-state index is 13.1. The number of nitrogens with one attached hydrogen (secondary N) is 2. The van der Waals surface area contributed by atoms with Crippen LogP contribution in [-0.4, -0.2) is 53.1 Å². The van der Waals surface area contributed by atoms with Crippen LogP contribution in [0.4, 0.5) is 0 Å². The molecule has 1 atom stereocenters. The van der Waals surface area contributed by atoms with Gasteiger partial charge in [-0.3, -0.25) is 9.59 Å². The Balaban J connectivity index is 1.21. The summed E-state index contributed by atoms with van der Waals surface area (Å²) >= 11 is 1.58. The number of rotatable bonds is 6. The van der Waals surface area contributed by atoms with Gasteiger partial charge in [-0.05, 0) is 74.8 Å². The quantitative estimate of drug-likeness (QED) is 0.723. The van der Waals surface area contributed by atoms with Gasteiger partial charge >= 0.3 is 0 Å². The lowest BCUT2D eigenvalue weighted by atomic mass is 9.93. The van der Waals surface area contributed by atoms with Gasteiger partial charge in [0.15, 0.2) is 0 Å². The third-order valence-electron chi connectivity index (χ3n) is 6.83. The molecule has 0 radical (unpaired) electrons. The average molecular weight is 440 g/mol. The van der Waals surface area contributed by atoms with E-state index in [-0.39, 0.29) is 5.91 Å². The summed E-state index contributed by atoms with van der Waals surface area (Å²) < 4.78 is 0. The number of aromatic nitrogens is 2. The Kier molecular flexibility index (Phi) is 5.75. The molecule has 8 heteroatoms. The molecule has 2 aromatic heterocycles. The van der Waals surface area contributed by atoms with Crippen LogP contribution in [0.2, 0.25) is 0 Å². The first kappa shape index (κ1) is 20.6. The summed E-state index contributed by atoms with van der Waals surface area (Å²) in [5, 5.41) is 14.9. The van der Waals surface area contributed by atoms with Crippen LogP contribution >= 0.6 is 11.3 Å². The first-order valence-corrected chi connectivity index (χ1v) is 12.1. The van der Waals surface area contributed by atoms with E-state index in [1.54, 1.807) is 17.5 Å². The fourth-order valence-electron chi connectivity index (χ4n) is 4.72. The molecule has 0 spiro atoms. The smallest absolute Gasteiger partial charge is 0.262 e. The minimum absolute atomic E-state index is 0.0531. The van der Waals surface area contributed by atoms with Gasteiger partial charge in [-0.15, -0.1) is 11.3 Å². The zero-order valence-corrected chi connectivity index (χ0v) is 18.5. The fraction of sp³-hybridized carbons (Fsp3) is 0.565. The largest absolute Gasteiger partial charge is 0.343 e. The Labute approximate surface area is 186 Å². The summed E-state index contributed by atoms with van der Waals surface area (Å²) in [7, 11) is 0. The van der Waals surface area contributed by atoms with Crippen LogP contribution in [0.1, 0.15) is 64.7 Å². The number of amides is 2. The molecule has 1 saturated carbocycles. The topological polar surface area (TPSA) is 87.2 Å². The average Bonchev–Trinajstić information content (AvgIpc) is 3.28. The molecule has 2 N–H and O–H groups in total. The van der Waals surface area contributed by atoms with Gasteiger partial charge in [-0.25, -0.2) is 0 Å². The van der Waals surface area contributed by atoms with E-state index < -0.39 is 5.54 Å². The van der Waals surface area contributed by atoms with E-state index in [0.717, 1.165) is 55.9 Å². The summed E-state index contributed by atoms with van der Waals surface area (Å²) in [6.45, 7) is 3.15. The van der Waals surface area contributed by atoms with Gasteiger partial charge < -0.3 is 15.5 Å². The highest BCUT2D eigenvalue weighted by Crippen LogP contribution is 2.36. The summed E-state index contributed by atoms with van der Waals surface area (Å²) in [5.41, 5.74) is 0.288. The number of thiophene rings is 1. The minimum Gasteiger partial charge on any atom is -0.343 e. The van der Waals surface area contributed by atoms with Crippen molar-refractivity contribution in [1.82, 2.24) is 25.7 Å². The molecule has 3 aliphatic rings. The molecule has 0 bridgehead atoms. The van der Waals surface area contributed by atoms with Crippen LogP contribution < -0.4 is 10.6 Å². The number of carbonyl (C=O) groups excluding carboxylic acids is 2. The summed E-state index contributed by atoms with van der Waals surface area (Å²) in [6, 6.07) is 7.82. The van der Waals surface area contributed by atoms with Crippen molar-refractivity contribution in [3.05, 3.63) is 45.9 Å². The second-order valence-corrected chi connectivity index (χ2v) is 10.2. The Morgan fingerprint density at radius 3 is 2.71 bits per heavy atom. The van der Waals surface area contributed by atoms with Crippen molar-refractivity contribution >= 4 is 23.2 Å². The maximum Gasteiger partial charge on any atom is 0.262 e. The fourth-order valence-corrected chi connectivity index (χ4v) is 5.79. The first-order chi connectivity index (χ1) is 15.1. The van der Waals surface area contributed by atoms with E-state index >= 15 is 0 Å². The second kappa shape index (κ2) is 8.67. The van der Waals surface area contributed by atoms with Crippen LogP contribution in [0.3, 0.4) is 0 Å². The van der Waals surface area contributed by atoms with Crippen LogP contribution in [0.5, 0.6) is 0 Å². The Hall–Kier alpha value is -2.32. The molecule has 2 aliphatic heterocycles. The zero-order chi connectivity index (χ0) is 21.3. The van der Waals surface area contributed by atoms with E-state index in [0.29, 0.717) is 24.3 Å². The van der Waals surface area contributed by atoms with E-state index in [4.69, 9.17) is 0 Å². The zero-order valence-electron chi connectivity index (χ0n) is 17.7. The third-order valence-corrected chi connectivity index (χ3v) is 8.08. The van der Waals surface area contributed by atoms with Crippen LogP contribution in [0.25, 0.3) is 0 Å². The second-order valence-electron chi connectivity index (χ2n) is 9.08. The Morgan fingerprint density at radius 2 is 2.03 bits per heavy atom. The molecular formula is C23H29N5O2S. The van der Waals surface area contributed by atoms with E-state index in [2.05, 4.69) is 26.9 Å². The van der Waals surface area contributed by atoms with Crippen molar-refractivity contribution in [2.24, 2.45) is 5.92 Å². The predicted molar refractivity (Wildman–Crippen MR) is 119 cm³/mol. The van der Waals surface area contributed by atoms with E-state index in [1.807, 2.05) is 23.1 Å². The molecule has 2 aromatic rings. The molecule has 4 heterocycles. The number of likely N-dealkylation sites (tertiary alicyclic amines) is 1. The van der Waals surface area contributed by atoms with Crippen molar-refractivity contribution < 1.29 is 9.59 Å². The minimum atomic E-state index is -0.511. The van der Waals surface area contributed by atoms with E-state index in [1.165, 1.54) is 17.7 Å². The summed E-state index contributed by atoms with van der Waals surface area (Å²) in [4.78, 5) is 29.5. The highest BCUT2D eigenvalue weighted by molar-refractivity contribution is 7.14. The molecule has 164 valence electrons. The highest BCUT2D eigenvalue weighted by atomic mass is 32.1. The lowest BCUT2D eigenvalue weighted by Crippen LogP contribution is -2.48. The molecule has 5 rings (SSSR count). The molecule has 7 nitrogen and oxygen atoms in total. The van der Waals surface area contributed by atoms with Crippen molar-refractivity contribution in [2.45, 2.75) is 50.0 Å². The molecule has 1 aliphatic carbocycles. The molecule has 31 heavy (non-hydrogen) atoms. The van der Waals surface area contributed by atoms with Gasteiger partial charge in [0.1, 0.15) is 0 Å². The Morgan fingerprint density at radius 1 is 1.19 bits per heavy atom. The number of piperidine rings is 1. The molecule has 0 unspecified atom stereocenters. The van der Waals surface area contributed by atoms with E-state index in [9.17, 15) is 9.59 Å². The molecule has 3 fully saturated rings. The molecule has 0 aromatic carbocycles. The summed E-state index contributed by atoms with van der Waals surface area (Å²) in [5.74, 6) is 1.34. The number of hydrogen-bond acceptors (Lipinski definition) is 6. The van der Waals surface area contributed by atoms with Gasteiger partial charge in [0.25, 0.3) is 5.91 Å². The van der Waals surface area contributed by atoms with Gasteiger partial charge in [0, 0.05) is 37.1 Å². The van der Waals surface area contributed by atoms with Gasteiger partial charge in [0.2, 0.25) is 5.91 Å². The predicted octanol–water partition coefficient (Wildman–Crippen LogP) is 2.66. The number of hydrogen-bond donors (Lipinski definition) is 2. The highest BCUT2D eigenvalue weighted by Gasteiger charge is 2.39. The van der Waals surface area contributed by atoms with Gasteiger partial charge in [-0.1, -0.05) is 0 Å². The molecular weight excluding hydrogens is 410 g/mol. The van der Waals surface area contributed by atoms with Crippen LogP contribution in [0, 0.1) is 5.92 Å². The van der Waals surface area contributed by atoms with Gasteiger partial charge in [-0.2, -0.15) is 10.2 Å². The van der Waals surface area contributed by atoms with Crippen molar-refractivity contribution in [3.63, 3.8) is 0 Å². The molecule has 2 amide bonds. The standard InChI is InChI=1S/C23H29N5O2S/c29-21(14-16-3-4-16)28-12-7-17(8-13-28)18-5-6-19(31-18)22(30)26-23(9-11-24-15-23)20-2-1-10-25-27-20/h1-2,5-6,10,16-17,24H,3-4,7-9,11-15H2,(H,26,30)/t23-/m0/s1. The normalized spacial score (nSPS) is 24.3.